The molecule has 3 aromatic heterocycles. The van der Waals surface area contributed by atoms with Crippen molar-refractivity contribution in [3.63, 3.8) is 0 Å². The highest BCUT2D eigenvalue weighted by molar-refractivity contribution is 6.50. The van der Waals surface area contributed by atoms with E-state index >= 15 is 0 Å². The van der Waals surface area contributed by atoms with Gasteiger partial charge in [-0.1, -0.05) is 36.4 Å². The van der Waals surface area contributed by atoms with Crippen molar-refractivity contribution < 1.29 is 19.1 Å². The molecule has 5 aromatic rings. The van der Waals surface area contributed by atoms with Crippen LogP contribution in [0, 0.1) is 0 Å². The summed E-state index contributed by atoms with van der Waals surface area (Å²) in [5.41, 5.74) is 4.48. The Morgan fingerprint density at radius 3 is 2.51 bits per heavy atom. The number of nitrogens with one attached hydrogen (secondary N) is 2. The molecule has 0 fully saturated rings. The predicted octanol–water partition coefficient (Wildman–Crippen LogP) is 4.39. The highest BCUT2D eigenvalue weighted by Crippen LogP contribution is 2.39. The van der Waals surface area contributed by atoms with E-state index < -0.39 is 17.8 Å². The van der Waals surface area contributed by atoms with Gasteiger partial charge in [-0.3, -0.25) is 19.9 Å². The minimum atomic E-state index is -0.505. The molecule has 206 valence electrons. The second-order valence-corrected chi connectivity index (χ2v) is 10.3. The van der Waals surface area contributed by atoms with Crippen molar-refractivity contribution >= 4 is 50.7 Å². The SMILES string of the molecule is CN(C)CCCn1cc(C2=C(c3c[nH]c4c(C(=O)OCc5cccnc5)cccc34)C(=O)NC2=O)c2ccccc21. The number of ether oxygens (including phenoxy) is 1. The molecule has 4 heterocycles. The molecule has 0 saturated carbocycles. The molecule has 0 atom stereocenters. The van der Waals surface area contributed by atoms with Crippen LogP contribution < -0.4 is 5.32 Å². The summed E-state index contributed by atoms with van der Waals surface area (Å²) in [4.78, 5) is 48.9. The predicted molar refractivity (Wildman–Crippen MR) is 157 cm³/mol. The Labute approximate surface area is 236 Å². The maximum absolute atomic E-state index is 13.3. The summed E-state index contributed by atoms with van der Waals surface area (Å²) in [6.07, 6.45) is 7.87. The van der Waals surface area contributed by atoms with Gasteiger partial charge in [0, 0.05) is 64.3 Å². The second kappa shape index (κ2) is 10.9. The molecule has 41 heavy (non-hydrogen) atoms. The lowest BCUT2D eigenvalue weighted by Gasteiger charge is -2.10. The molecule has 0 unspecified atom stereocenters. The van der Waals surface area contributed by atoms with Gasteiger partial charge in [0.15, 0.2) is 0 Å². The normalized spacial score (nSPS) is 13.5. The Bertz CT molecular complexity index is 1830. The molecule has 0 radical (unpaired) electrons. The Morgan fingerprint density at radius 2 is 1.73 bits per heavy atom. The summed E-state index contributed by atoms with van der Waals surface area (Å²) >= 11 is 0. The van der Waals surface area contributed by atoms with Crippen molar-refractivity contribution in [1.82, 2.24) is 24.8 Å². The fourth-order valence-electron chi connectivity index (χ4n) is 5.40. The smallest absolute Gasteiger partial charge is 0.340 e. The number of pyridine rings is 1. The van der Waals surface area contributed by atoms with Crippen LogP contribution in [0.2, 0.25) is 0 Å². The van der Waals surface area contributed by atoms with E-state index in [0.717, 1.165) is 36.0 Å². The molecule has 0 saturated heterocycles. The summed E-state index contributed by atoms with van der Waals surface area (Å²) in [5, 5.41) is 4.04. The van der Waals surface area contributed by atoms with E-state index in [0.29, 0.717) is 33.2 Å². The van der Waals surface area contributed by atoms with E-state index in [-0.39, 0.29) is 12.2 Å². The number of aromatic amines is 1. The molecule has 1 aliphatic heterocycles. The first-order valence-corrected chi connectivity index (χ1v) is 13.4. The average molecular weight is 548 g/mol. The summed E-state index contributed by atoms with van der Waals surface area (Å²) in [6.45, 7) is 1.78. The minimum Gasteiger partial charge on any atom is -0.457 e. The molecular formula is C32H29N5O4. The molecule has 9 nitrogen and oxygen atoms in total. The number of aromatic nitrogens is 3. The first-order valence-electron chi connectivity index (χ1n) is 13.4. The number of rotatable bonds is 9. The maximum atomic E-state index is 13.3. The number of aryl methyl sites for hydroxylation is 1. The number of nitrogens with zero attached hydrogens (tertiary/aromatic N) is 3. The molecule has 1 aliphatic rings. The maximum Gasteiger partial charge on any atom is 0.340 e. The Kier molecular flexibility index (Phi) is 6.94. The van der Waals surface area contributed by atoms with Gasteiger partial charge in [-0.05, 0) is 45.3 Å². The molecule has 2 N–H and O–H groups in total. The Balaban J connectivity index is 1.42. The zero-order valence-corrected chi connectivity index (χ0v) is 22.8. The van der Waals surface area contributed by atoms with Crippen LogP contribution in [0.15, 0.2) is 79.4 Å². The lowest BCUT2D eigenvalue weighted by Crippen LogP contribution is -2.22. The summed E-state index contributed by atoms with van der Waals surface area (Å²) in [5.74, 6) is -1.42. The molecule has 0 bridgehead atoms. The molecule has 0 aliphatic carbocycles. The number of benzene rings is 2. The van der Waals surface area contributed by atoms with E-state index in [2.05, 4.69) is 24.8 Å². The number of amides is 2. The van der Waals surface area contributed by atoms with Crippen molar-refractivity contribution in [3.8, 4) is 0 Å². The van der Waals surface area contributed by atoms with Crippen molar-refractivity contribution in [3.05, 3.63) is 102 Å². The van der Waals surface area contributed by atoms with Crippen LogP contribution >= 0.6 is 0 Å². The van der Waals surface area contributed by atoms with Crippen LogP contribution in [-0.4, -0.2) is 57.9 Å². The van der Waals surface area contributed by atoms with Crippen molar-refractivity contribution in [2.75, 3.05) is 20.6 Å². The average Bonchev–Trinajstić information content (AvgIpc) is 3.64. The van der Waals surface area contributed by atoms with Crippen molar-refractivity contribution in [1.29, 1.82) is 0 Å². The first kappa shape index (κ1) is 26.2. The lowest BCUT2D eigenvalue weighted by atomic mass is 9.95. The number of hydrogen-bond donors (Lipinski definition) is 2. The lowest BCUT2D eigenvalue weighted by molar-refractivity contribution is -0.122. The van der Waals surface area contributed by atoms with Gasteiger partial charge in [-0.15, -0.1) is 0 Å². The zero-order chi connectivity index (χ0) is 28.5. The van der Waals surface area contributed by atoms with Gasteiger partial charge < -0.3 is 19.2 Å². The molecule has 9 heteroatoms. The fourth-order valence-corrected chi connectivity index (χ4v) is 5.40. The topological polar surface area (TPSA) is 109 Å². The van der Waals surface area contributed by atoms with Crippen molar-refractivity contribution in [2.45, 2.75) is 19.6 Å². The van der Waals surface area contributed by atoms with Gasteiger partial charge in [0.2, 0.25) is 0 Å². The number of H-pyrrole nitrogens is 1. The van der Waals surface area contributed by atoms with Gasteiger partial charge >= 0.3 is 5.97 Å². The van der Waals surface area contributed by atoms with Crippen molar-refractivity contribution in [2.24, 2.45) is 0 Å². The summed E-state index contributed by atoms with van der Waals surface area (Å²) in [7, 11) is 4.08. The largest absolute Gasteiger partial charge is 0.457 e. The van der Waals surface area contributed by atoms with Crippen LogP contribution in [0.4, 0.5) is 0 Å². The Hall–Kier alpha value is -5.02. The van der Waals surface area contributed by atoms with Gasteiger partial charge in [-0.25, -0.2) is 4.79 Å². The molecule has 2 amide bonds. The van der Waals surface area contributed by atoms with Crippen LogP contribution in [0.5, 0.6) is 0 Å². The third-order valence-corrected chi connectivity index (χ3v) is 7.29. The molecule has 2 aromatic carbocycles. The number of carbonyl (C=O) groups is 3. The Morgan fingerprint density at radius 1 is 0.951 bits per heavy atom. The monoisotopic (exact) mass is 547 g/mol. The quantitative estimate of drug-likeness (QED) is 0.209. The highest BCUT2D eigenvalue weighted by atomic mass is 16.5. The van der Waals surface area contributed by atoms with Crippen LogP contribution in [0.3, 0.4) is 0 Å². The third kappa shape index (κ3) is 4.92. The van der Waals surface area contributed by atoms with Gasteiger partial charge in [-0.2, -0.15) is 0 Å². The minimum absolute atomic E-state index is 0.0848. The zero-order valence-electron chi connectivity index (χ0n) is 22.8. The first-order chi connectivity index (χ1) is 19.9. The number of para-hydroxylation sites is 2. The van der Waals surface area contributed by atoms with Crippen LogP contribution in [0.25, 0.3) is 33.0 Å². The fraction of sp³-hybridized carbons (Fsp3) is 0.188. The summed E-state index contributed by atoms with van der Waals surface area (Å²) in [6, 6.07) is 16.7. The summed E-state index contributed by atoms with van der Waals surface area (Å²) < 4.78 is 7.67. The van der Waals surface area contributed by atoms with E-state index in [9.17, 15) is 14.4 Å². The van der Waals surface area contributed by atoms with E-state index in [1.807, 2.05) is 56.7 Å². The molecular weight excluding hydrogens is 518 g/mol. The van der Waals surface area contributed by atoms with E-state index in [1.165, 1.54) is 0 Å². The van der Waals surface area contributed by atoms with E-state index in [1.54, 1.807) is 36.8 Å². The number of fused-ring (bicyclic) bond motifs is 2. The van der Waals surface area contributed by atoms with Gasteiger partial charge in [0.05, 0.1) is 22.2 Å². The highest BCUT2D eigenvalue weighted by Gasteiger charge is 2.35. The molecule has 0 spiro atoms. The number of hydrogen-bond acceptors (Lipinski definition) is 6. The van der Waals surface area contributed by atoms with Gasteiger partial charge in [0.25, 0.3) is 11.8 Å². The number of imide groups is 1. The third-order valence-electron chi connectivity index (χ3n) is 7.29. The second-order valence-electron chi connectivity index (χ2n) is 10.3. The number of esters is 1. The standard InChI is InChI=1S/C32H29N5O4/c1-36(2)14-7-15-37-18-25(21-9-3-4-12-26(21)37)28-27(30(38)35-31(28)39)24-17-34-29-22(24)10-5-11-23(29)32(40)41-19-20-8-6-13-33-16-20/h3-6,8-13,16-18,34H,7,14-15,19H2,1-2H3,(H,35,38,39). The number of carbonyl (C=O) groups excluding carboxylic acids is 3. The van der Waals surface area contributed by atoms with E-state index in [4.69, 9.17) is 4.74 Å². The van der Waals surface area contributed by atoms with Crippen LogP contribution in [0.1, 0.15) is 33.5 Å². The van der Waals surface area contributed by atoms with Crippen LogP contribution in [-0.2, 0) is 27.5 Å². The van der Waals surface area contributed by atoms with Gasteiger partial charge in [0.1, 0.15) is 6.61 Å². The molecule has 6 rings (SSSR count).